The third-order valence-corrected chi connectivity index (χ3v) is 4.15. The Morgan fingerprint density at radius 3 is 2.74 bits per heavy atom. The van der Waals surface area contributed by atoms with Crippen molar-refractivity contribution in [1.29, 1.82) is 0 Å². The summed E-state index contributed by atoms with van der Waals surface area (Å²) in [5.74, 6) is -0.897. The van der Waals surface area contributed by atoms with Crippen LogP contribution in [0.5, 0.6) is 5.75 Å². The number of nitrogens with one attached hydrogen (secondary N) is 1. The summed E-state index contributed by atoms with van der Waals surface area (Å²) in [4.78, 5) is 26.5. The SMILES string of the molecule is CC1CN(C(=O)c2ccccc2OCC(=O)Nc2ccccc2F)CCO1. The van der Waals surface area contributed by atoms with Crippen molar-refractivity contribution in [2.75, 3.05) is 31.6 Å². The topological polar surface area (TPSA) is 67.9 Å². The van der Waals surface area contributed by atoms with Crippen LogP contribution < -0.4 is 10.1 Å². The molecule has 1 atom stereocenters. The summed E-state index contributed by atoms with van der Waals surface area (Å²) in [5.41, 5.74) is 0.461. The zero-order valence-corrected chi connectivity index (χ0v) is 15.0. The van der Waals surface area contributed by atoms with Gasteiger partial charge in [0.1, 0.15) is 11.6 Å². The lowest BCUT2D eigenvalue weighted by Crippen LogP contribution is -2.44. The standard InChI is InChI=1S/C20H21FN2O4/c1-14-12-23(10-11-26-14)20(25)15-6-2-5-9-18(15)27-13-19(24)22-17-8-4-3-7-16(17)21/h2-9,14H,10-13H2,1H3,(H,22,24). The fourth-order valence-corrected chi connectivity index (χ4v) is 2.83. The Hall–Kier alpha value is -2.93. The molecule has 1 unspecified atom stereocenters. The van der Waals surface area contributed by atoms with Gasteiger partial charge in [-0.25, -0.2) is 4.39 Å². The molecular formula is C20H21FN2O4. The molecule has 1 aliphatic heterocycles. The van der Waals surface area contributed by atoms with Crippen LogP contribution in [-0.4, -0.2) is 49.1 Å². The monoisotopic (exact) mass is 372 g/mol. The third-order valence-electron chi connectivity index (χ3n) is 4.15. The Morgan fingerprint density at radius 2 is 1.96 bits per heavy atom. The molecule has 1 heterocycles. The summed E-state index contributed by atoms with van der Waals surface area (Å²) < 4.78 is 24.6. The first-order valence-corrected chi connectivity index (χ1v) is 8.71. The van der Waals surface area contributed by atoms with Gasteiger partial charge in [-0.3, -0.25) is 9.59 Å². The normalized spacial score (nSPS) is 16.7. The molecule has 0 spiro atoms. The van der Waals surface area contributed by atoms with Gasteiger partial charge in [0.25, 0.3) is 11.8 Å². The quantitative estimate of drug-likeness (QED) is 0.876. The number of amides is 2. The van der Waals surface area contributed by atoms with Gasteiger partial charge >= 0.3 is 0 Å². The lowest BCUT2D eigenvalue weighted by molar-refractivity contribution is -0.118. The summed E-state index contributed by atoms with van der Waals surface area (Å²) >= 11 is 0. The van der Waals surface area contributed by atoms with Gasteiger partial charge in [0.2, 0.25) is 0 Å². The highest BCUT2D eigenvalue weighted by atomic mass is 19.1. The average molecular weight is 372 g/mol. The summed E-state index contributed by atoms with van der Waals surface area (Å²) in [6.07, 6.45) is -0.0256. The molecule has 0 saturated carbocycles. The Balaban J connectivity index is 1.64. The number of para-hydroxylation sites is 2. The molecule has 3 rings (SSSR count). The van der Waals surface area contributed by atoms with E-state index in [1.807, 2.05) is 6.92 Å². The van der Waals surface area contributed by atoms with E-state index in [0.29, 0.717) is 31.0 Å². The molecule has 2 amide bonds. The Labute approximate surface area is 156 Å². The van der Waals surface area contributed by atoms with Crippen LogP contribution in [0.1, 0.15) is 17.3 Å². The molecule has 0 aliphatic carbocycles. The van der Waals surface area contributed by atoms with Crippen LogP contribution in [0.4, 0.5) is 10.1 Å². The number of hydrogen-bond donors (Lipinski definition) is 1. The number of carbonyl (C=O) groups excluding carboxylic acids is 2. The lowest BCUT2D eigenvalue weighted by Gasteiger charge is -2.31. The molecule has 7 heteroatoms. The molecule has 0 bridgehead atoms. The second-order valence-electron chi connectivity index (χ2n) is 6.25. The van der Waals surface area contributed by atoms with Crippen molar-refractivity contribution < 1.29 is 23.5 Å². The lowest BCUT2D eigenvalue weighted by atomic mass is 10.1. The van der Waals surface area contributed by atoms with E-state index in [9.17, 15) is 14.0 Å². The van der Waals surface area contributed by atoms with E-state index in [1.54, 1.807) is 35.2 Å². The third kappa shape index (κ3) is 4.83. The molecule has 1 aliphatic rings. The van der Waals surface area contributed by atoms with Gasteiger partial charge in [-0.1, -0.05) is 24.3 Å². The smallest absolute Gasteiger partial charge is 0.262 e. The van der Waals surface area contributed by atoms with Crippen LogP contribution in [0.25, 0.3) is 0 Å². The summed E-state index contributed by atoms with van der Waals surface area (Å²) in [7, 11) is 0. The van der Waals surface area contributed by atoms with E-state index < -0.39 is 11.7 Å². The maximum Gasteiger partial charge on any atom is 0.262 e. The van der Waals surface area contributed by atoms with E-state index in [0.717, 1.165) is 0 Å². The zero-order chi connectivity index (χ0) is 19.2. The van der Waals surface area contributed by atoms with E-state index >= 15 is 0 Å². The molecule has 2 aromatic rings. The second kappa shape index (κ2) is 8.64. The zero-order valence-electron chi connectivity index (χ0n) is 15.0. The molecule has 2 aromatic carbocycles. The van der Waals surface area contributed by atoms with Crippen molar-refractivity contribution in [3.63, 3.8) is 0 Å². The number of anilines is 1. The van der Waals surface area contributed by atoms with Gasteiger partial charge < -0.3 is 19.7 Å². The Bertz CT molecular complexity index is 827. The number of rotatable bonds is 5. The number of hydrogen-bond acceptors (Lipinski definition) is 4. The minimum atomic E-state index is -0.525. The molecule has 27 heavy (non-hydrogen) atoms. The van der Waals surface area contributed by atoms with E-state index in [4.69, 9.17) is 9.47 Å². The molecule has 1 saturated heterocycles. The molecule has 142 valence electrons. The van der Waals surface area contributed by atoms with Gasteiger partial charge in [-0.15, -0.1) is 0 Å². The van der Waals surface area contributed by atoms with Crippen LogP contribution in [0.2, 0.25) is 0 Å². The van der Waals surface area contributed by atoms with Crippen molar-refractivity contribution in [3.8, 4) is 5.75 Å². The van der Waals surface area contributed by atoms with Crippen LogP contribution in [0.15, 0.2) is 48.5 Å². The molecule has 0 aromatic heterocycles. The number of benzene rings is 2. The van der Waals surface area contributed by atoms with Crippen molar-refractivity contribution in [3.05, 3.63) is 59.9 Å². The molecule has 6 nitrogen and oxygen atoms in total. The van der Waals surface area contributed by atoms with E-state index in [2.05, 4.69) is 5.32 Å². The van der Waals surface area contributed by atoms with Crippen LogP contribution >= 0.6 is 0 Å². The van der Waals surface area contributed by atoms with Gasteiger partial charge in [-0.2, -0.15) is 0 Å². The summed E-state index contributed by atoms with van der Waals surface area (Å²) in [5, 5.41) is 2.45. The number of morpholine rings is 1. The fraction of sp³-hybridized carbons (Fsp3) is 0.300. The number of nitrogens with zero attached hydrogens (tertiary/aromatic N) is 1. The van der Waals surface area contributed by atoms with Crippen LogP contribution in [0, 0.1) is 5.82 Å². The predicted molar refractivity (Wildman–Crippen MR) is 98.3 cm³/mol. The number of halogens is 1. The highest BCUT2D eigenvalue weighted by Gasteiger charge is 2.24. The van der Waals surface area contributed by atoms with Crippen LogP contribution in [-0.2, 0) is 9.53 Å². The van der Waals surface area contributed by atoms with Gasteiger partial charge in [-0.05, 0) is 31.2 Å². The number of carbonyl (C=O) groups is 2. The summed E-state index contributed by atoms with van der Waals surface area (Å²) in [6, 6.07) is 12.6. The predicted octanol–water partition coefficient (Wildman–Crippen LogP) is 2.70. The first-order chi connectivity index (χ1) is 13.0. The highest BCUT2D eigenvalue weighted by molar-refractivity contribution is 5.97. The second-order valence-corrected chi connectivity index (χ2v) is 6.25. The van der Waals surface area contributed by atoms with E-state index in [-0.39, 0.29) is 24.3 Å². The maximum absolute atomic E-state index is 13.6. The first-order valence-electron chi connectivity index (χ1n) is 8.71. The molecule has 0 radical (unpaired) electrons. The Morgan fingerprint density at radius 1 is 1.22 bits per heavy atom. The minimum Gasteiger partial charge on any atom is -0.483 e. The highest BCUT2D eigenvalue weighted by Crippen LogP contribution is 2.21. The van der Waals surface area contributed by atoms with Crippen LogP contribution in [0.3, 0.4) is 0 Å². The van der Waals surface area contributed by atoms with Gasteiger partial charge in [0.05, 0.1) is 24.0 Å². The average Bonchev–Trinajstić information content (AvgIpc) is 2.68. The molecule has 1 N–H and O–H groups in total. The molecular weight excluding hydrogens is 351 g/mol. The largest absolute Gasteiger partial charge is 0.483 e. The fourth-order valence-electron chi connectivity index (χ4n) is 2.83. The maximum atomic E-state index is 13.6. The first kappa shape index (κ1) is 18.8. The minimum absolute atomic E-state index is 0.0256. The van der Waals surface area contributed by atoms with Crippen molar-refractivity contribution >= 4 is 17.5 Å². The van der Waals surface area contributed by atoms with Crippen molar-refractivity contribution in [1.82, 2.24) is 4.90 Å². The van der Waals surface area contributed by atoms with Gasteiger partial charge in [0, 0.05) is 13.1 Å². The summed E-state index contributed by atoms with van der Waals surface area (Å²) in [6.45, 7) is 3.07. The Kier molecular flexibility index (Phi) is 6.03. The van der Waals surface area contributed by atoms with Crippen molar-refractivity contribution in [2.45, 2.75) is 13.0 Å². The number of ether oxygens (including phenoxy) is 2. The molecule has 1 fully saturated rings. The van der Waals surface area contributed by atoms with Crippen molar-refractivity contribution in [2.24, 2.45) is 0 Å². The van der Waals surface area contributed by atoms with E-state index in [1.165, 1.54) is 18.2 Å². The van der Waals surface area contributed by atoms with Gasteiger partial charge in [0.15, 0.2) is 6.61 Å².